The predicted molar refractivity (Wildman–Crippen MR) is 102 cm³/mol. The maximum Gasteiger partial charge on any atom is 0.424 e. The van der Waals surface area contributed by atoms with Crippen LogP contribution in [0.25, 0.3) is 10.2 Å². The number of carbonyl (C=O) groups excluding carboxylic acids is 1. The van der Waals surface area contributed by atoms with Gasteiger partial charge in [0.15, 0.2) is 0 Å². The van der Waals surface area contributed by atoms with E-state index in [9.17, 15) is 23.1 Å². The van der Waals surface area contributed by atoms with Crippen LogP contribution in [0.4, 0.5) is 13.2 Å². The Bertz CT molecular complexity index is 778. The minimum Gasteiger partial charge on any atom is -0.374 e. The highest BCUT2D eigenvalue weighted by molar-refractivity contribution is 7.99. The van der Waals surface area contributed by atoms with Crippen molar-refractivity contribution in [3.63, 3.8) is 0 Å². The minimum absolute atomic E-state index is 0.156. The lowest BCUT2D eigenvalue weighted by Crippen LogP contribution is -2.48. The van der Waals surface area contributed by atoms with E-state index in [1.807, 2.05) is 6.26 Å². The maximum absolute atomic E-state index is 13.7. The average Bonchev–Trinajstić information content (AvgIpc) is 3.05. The summed E-state index contributed by atoms with van der Waals surface area (Å²) in [4.78, 5) is 16.3. The molecule has 1 heterocycles. The number of hydrogen-bond donors (Lipinski definition) is 2. The zero-order chi connectivity index (χ0) is 19.7. The van der Waals surface area contributed by atoms with Gasteiger partial charge >= 0.3 is 6.18 Å². The van der Waals surface area contributed by atoms with Crippen LogP contribution in [0.1, 0.15) is 37.1 Å². The molecule has 2 aromatic rings. The fourth-order valence-corrected chi connectivity index (χ4v) is 5.25. The Kier molecular flexibility index (Phi) is 6.02. The van der Waals surface area contributed by atoms with Gasteiger partial charge < -0.3 is 10.4 Å². The first kappa shape index (κ1) is 20.4. The molecule has 0 radical (unpaired) electrons. The number of fused-ring (bicyclic) bond motifs is 1. The lowest BCUT2D eigenvalue weighted by atomic mass is 9.93. The molecule has 0 bridgehead atoms. The normalized spacial score (nSPS) is 23.1. The number of para-hydroxylation sites is 1. The van der Waals surface area contributed by atoms with Crippen LogP contribution in [-0.4, -0.2) is 39.7 Å². The second-order valence-corrected chi connectivity index (χ2v) is 8.98. The molecule has 0 aliphatic heterocycles. The second kappa shape index (κ2) is 7.97. The van der Waals surface area contributed by atoms with Crippen molar-refractivity contribution in [1.29, 1.82) is 0 Å². The van der Waals surface area contributed by atoms with Crippen LogP contribution in [0.3, 0.4) is 0 Å². The number of amides is 1. The molecule has 1 amide bonds. The van der Waals surface area contributed by atoms with Gasteiger partial charge in [0.05, 0.1) is 16.6 Å². The molecular formula is C18H21F3N2O2S2. The Morgan fingerprint density at radius 1 is 1.37 bits per heavy atom. The van der Waals surface area contributed by atoms with Crippen molar-refractivity contribution in [2.75, 3.05) is 6.26 Å². The maximum atomic E-state index is 13.7. The molecule has 9 heteroatoms. The van der Waals surface area contributed by atoms with E-state index in [4.69, 9.17) is 0 Å². The number of alkyl halides is 3. The van der Waals surface area contributed by atoms with Gasteiger partial charge in [-0.15, -0.1) is 11.3 Å². The van der Waals surface area contributed by atoms with E-state index >= 15 is 0 Å². The van der Waals surface area contributed by atoms with Crippen molar-refractivity contribution in [1.82, 2.24) is 10.3 Å². The molecule has 1 fully saturated rings. The molecule has 1 aromatic heterocycles. The summed E-state index contributed by atoms with van der Waals surface area (Å²) in [5.41, 5.74) is -2.93. The molecule has 1 aliphatic rings. The van der Waals surface area contributed by atoms with Crippen molar-refractivity contribution in [3.05, 3.63) is 29.3 Å². The minimum atomic E-state index is -5.01. The molecule has 1 saturated carbocycles. The first-order valence-electron chi connectivity index (χ1n) is 8.70. The first-order chi connectivity index (χ1) is 12.7. The third kappa shape index (κ3) is 4.41. The molecule has 1 aliphatic carbocycles. The van der Waals surface area contributed by atoms with E-state index < -0.39 is 29.1 Å². The molecule has 0 spiro atoms. The van der Waals surface area contributed by atoms with E-state index in [2.05, 4.69) is 10.3 Å². The summed E-state index contributed by atoms with van der Waals surface area (Å²) in [5.74, 6) is -0.805. The Labute approximate surface area is 163 Å². The van der Waals surface area contributed by atoms with Crippen molar-refractivity contribution < 1.29 is 23.1 Å². The number of carbonyl (C=O) groups is 1. The number of aliphatic hydroxyl groups is 1. The summed E-state index contributed by atoms with van der Waals surface area (Å²) in [6.07, 6.45) is -0.649. The number of thioether (sulfide) groups is 1. The van der Waals surface area contributed by atoms with Gasteiger partial charge in [-0.2, -0.15) is 24.9 Å². The number of hydrogen-bond acceptors (Lipinski definition) is 5. The molecule has 3 atom stereocenters. The lowest BCUT2D eigenvalue weighted by molar-refractivity contribution is -0.267. The summed E-state index contributed by atoms with van der Waals surface area (Å²) in [6, 6.07) is 6.41. The van der Waals surface area contributed by atoms with E-state index in [1.54, 1.807) is 36.0 Å². The van der Waals surface area contributed by atoms with Crippen molar-refractivity contribution in [3.8, 4) is 0 Å². The molecule has 148 valence electrons. The van der Waals surface area contributed by atoms with Gasteiger partial charge in [0.1, 0.15) is 5.01 Å². The number of rotatable bonds is 5. The SMILES string of the molecule is CSC1CCCC(NC(=O)CC(O)(c2nc3ccccc3s2)C(F)(F)F)C1. The fraction of sp³-hybridized carbons (Fsp3) is 0.556. The predicted octanol–water partition coefficient (Wildman–Crippen LogP) is 4.23. The van der Waals surface area contributed by atoms with Crippen LogP contribution >= 0.6 is 23.1 Å². The average molecular weight is 419 g/mol. The molecule has 0 saturated heterocycles. The van der Waals surface area contributed by atoms with E-state index in [0.717, 1.165) is 37.0 Å². The van der Waals surface area contributed by atoms with E-state index in [1.165, 1.54) is 0 Å². The van der Waals surface area contributed by atoms with Crippen LogP contribution in [0.15, 0.2) is 24.3 Å². The van der Waals surface area contributed by atoms with E-state index in [-0.39, 0.29) is 6.04 Å². The van der Waals surface area contributed by atoms with Gasteiger partial charge in [0.2, 0.25) is 11.5 Å². The number of nitrogens with one attached hydrogen (secondary N) is 1. The van der Waals surface area contributed by atoms with Gasteiger partial charge in [-0.1, -0.05) is 18.6 Å². The molecule has 3 unspecified atom stereocenters. The van der Waals surface area contributed by atoms with E-state index in [0.29, 0.717) is 15.5 Å². The van der Waals surface area contributed by atoms with Gasteiger partial charge in [-0.05, 0) is 37.7 Å². The third-order valence-corrected chi connectivity index (χ3v) is 7.14. The number of benzene rings is 1. The number of thiazole rings is 1. The van der Waals surface area contributed by atoms with Crippen LogP contribution in [0, 0.1) is 0 Å². The van der Waals surface area contributed by atoms with Gasteiger partial charge in [-0.3, -0.25) is 4.79 Å². The number of aromatic nitrogens is 1. The monoisotopic (exact) mass is 418 g/mol. The fourth-order valence-electron chi connectivity index (χ4n) is 3.35. The highest BCUT2D eigenvalue weighted by atomic mass is 32.2. The zero-order valence-electron chi connectivity index (χ0n) is 14.8. The van der Waals surface area contributed by atoms with Crippen LogP contribution < -0.4 is 5.32 Å². The quantitative estimate of drug-likeness (QED) is 0.763. The van der Waals surface area contributed by atoms with Crippen molar-refractivity contribution >= 4 is 39.2 Å². The summed E-state index contributed by atoms with van der Waals surface area (Å²) < 4.78 is 41.7. The number of nitrogens with zero attached hydrogens (tertiary/aromatic N) is 1. The van der Waals surface area contributed by atoms with Crippen LogP contribution in [0.2, 0.25) is 0 Å². The Morgan fingerprint density at radius 2 is 2.11 bits per heavy atom. The van der Waals surface area contributed by atoms with Crippen molar-refractivity contribution in [2.24, 2.45) is 0 Å². The molecule has 4 nitrogen and oxygen atoms in total. The first-order valence-corrected chi connectivity index (χ1v) is 10.8. The molecule has 3 rings (SSSR count). The number of halogens is 3. The Balaban J connectivity index is 1.79. The summed E-state index contributed by atoms with van der Waals surface area (Å²) in [5, 5.41) is 13.1. The largest absolute Gasteiger partial charge is 0.424 e. The van der Waals surface area contributed by atoms with Crippen molar-refractivity contribution in [2.45, 2.75) is 55.2 Å². The third-order valence-electron chi connectivity index (χ3n) is 4.86. The second-order valence-electron chi connectivity index (χ2n) is 6.81. The summed E-state index contributed by atoms with van der Waals surface area (Å²) in [7, 11) is 0. The molecular weight excluding hydrogens is 397 g/mol. The highest BCUT2D eigenvalue weighted by Gasteiger charge is 2.58. The van der Waals surface area contributed by atoms with Crippen LogP contribution in [0.5, 0.6) is 0 Å². The lowest BCUT2D eigenvalue weighted by Gasteiger charge is -2.31. The smallest absolute Gasteiger partial charge is 0.374 e. The Morgan fingerprint density at radius 3 is 2.78 bits per heavy atom. The molecule has 1 aromatic carbocycles. The van der Waals surface area contributed by atoms with Crippen LogP contribution in [-0.2, 0) is 10.4 Å². The topological polar surface area (TPSA) is 62.2 Å². The molecule has 2 N–H and O–H groups in total. The standard InChI is InChI=1S/C18H21F3N2O2S2/c1-26-12-6-4-5-11(9-12)22-15(24)10-17(25,18(19,20)21)16-23-13-7-2-3-8-14(13)27-16/h2-3,7-8,11-12,25H,4-6,9-10H2,1H3,(H,22,24). The Hall–Kier alpha value is -1.32. The summed E-state index contributed by atoms with van der Waals surface area (Å²) in [6.45, 7) is 0. The van der Waals surface area contributed by atoms with Gasteiger partial charge in [0.25, 0.3) is 0 Å². The molecule has 27 heavy (non-hydrogen) atoms. The van der Waals surface area contributed by atoms with Gasteiger partial charge in [-0.25, -0.2) is 4.98 Å². The summed E-state index contributed by atoms with van der Waals surface area (Å²) >= 11 is 2.46. The highest BCUT2D eigenvalue weighted by Crippen LogP contribution is 2.44. The zero-order valence-corrected chi connectivity index (χ0v) is 16.4. The van der Waals surface area contributed by atoms with Gasteiger partial charge in [0, 0.05) is 11.3 Å².